The molecule has 0 N–H and O–H groups in total. The van der Waals surface area contributed by atoms with Crippen LogP contribution in [0, 0.1) is 0 Å². The van der Waals surface area contributed by atoms with Crippen molar-refractivity contribution in [3.63, 3.8) is 0 Å². The summed E-state index contributed by atoms with van der Waals surface area (Å²) in [6.45, 7) is 3.28. The monoisotopic (exact) mass is 252 g/mol. The highest BCUT2D eigenvalue weighted by atomic mass is 15.1. The summed E-state index contributed by atoms with van der Waals surface area (Å²) in [6, 6.07) is 7.57. The van der Waals surface area contributed by atoms with E-state index in [4.69, 9.17) is 4.99 Å². The molecule has 1 aliphatic carbocycles. The number of benzene rings is 1. The molecule has 0 radical (unpaired) electrons. The largest absolute Gasteiger partial charge is 0.374 e. The Balaban J connectivity index is 1.73. The summed E-state index contributed by atoms with van der Waals surface area (Å²) >= 11 is 0. The van der Waals surface area contributed by atoms with E-state index < -0.39 is 0 Å². The van der Waals surface area contributed by atoms with Gasteiger partial charge in [-0.1, -0.05) is 18.2 Å². The van der Waals surface area contributed by atoms with Gasteiger partial charge in [0.05, 0.1) is 6.04 Å². The van der Waals surface area contributed by atoms with Crippen molar-refractivity contribution in [3.05, 3.63) is 41.5 Å². The lowest BCUT2D eigenvalue weighted by Gasteiger charge is -2.29. The first-order chi connectivity index (χ1) is 9.19. The Morgan fingerprint density at radius 2 is 2.26 bits per heavy atom. The maximum Gasteiger partial charge on any atom is 0.0647 e. The maximum absolute atomic E-state index is 4.75. The predicted octanol–water partition coefficient (Wildman–Crippen LogP) is 3.11. The minimum absolute atomic E-state index is 0.227. The summed E-state index contributed by atoms with van der Waals surface area (Å²) in [5, 5.41) is 0. The van der Waals surface area contributed by atoms with Gasteiger partial charge >= 0.3 is 0 Å². The first-order valence-corrected chi connectivity index (χ1v) is 7.27. The second-order valence-electron chi connectivity index (χ2n) is 6.23. The fourth-order valence-electron chi connectivity index (χ4n) is 3.64. The number of nitrogens with zero attached hydrogens (tertiary/aromatic N) is 2. The number of fused-ring (bicyclic) bond motifs is 2. The van der Waals surface area contributed by atoms with Crippen molar-refractivity contribution in [2.75, 3.05) is 18.5 Å². The van der Waals surface area contributed by atoms with Crippen LogP contribution in [0.3, 0.4) is 0 Å². The number of rotatable bonds is 1. The smallest absolute Gasteiger partial charge is 0.0647 e. The van der Waals surface area contributed by atoms with Crippen molar-refractivity contribution >= 4 is 11.4 Å². The second-order valence-corrected chi connectivity index (χ2v) is 6.23. The van der Waals surface area contributed by atoms with Gasteiger partial charge in [-0.2, -0.15) is 0 Å². The highest BCUT2D eigenvalue weighted by Gasteiger charge is 2.55. The van der Waals surface area contributed by atoms with Gasteiger partial charge in [-0.3, -0.25) is 4.99 Å². The third-order valence-corrected chi connectivity index (χ3v) is 4.91. The summed E-state index contributed by atoms with van der Waals surface area (Å²) in [5.74, 6) is 0. The summed E-state index contributed by atoms with van der Waals surface area (Å²) in [6.07, 6.45) is 8.26. The normalized spacial score (nSPS) is 31.6. The molecule has 0 aromatic heterocycles. The van der Waals surface area contributed by atoms with E-state index in [0.29, 0.717) is 6.04 Å². The van der Waals surface area contributed by atoms with Crippen LogP contribution in [0.4, 0.5) is 5.69 Å². The third-order valence-electron chi connectivity index (χ3n) is 4.91. The first-order valence-electron chi connectivity index (χ1n) is 7.27. The van der Waals surface area contributed by atoms with Gasteiger partial charge in [0.2, 0.25) is 0 Å². The van der Waals surface area contributed by atoms with Crippen molar-refractivity contribution in [3.8, 4) is 0 Å². The molecule has 1 saturated carbocycles. The highest BCUT2D eigenvalue weighted by molar-refractivity contribution is 5.94. The molecular weight excluding hydrogens is 232 g/mol. The zero-order valence-corrected chi connectivity index (χ0v) is 11.7. The van der Waals surface area contributed by atoms with Gasteiger partial charge in [-0.05, 0) is 49.5 Å². The fraction of sp³-hybridized carbons (Fsp3) is 0.471. The van der Waals surface area contributed by atoms with Gasteiger partial charge < -0.3 is 4.90 Å². The van der Waals surface area contributed by atoms with Gasteiger partial charge in [0, 0.05) is 30.4 Å². The number of aryl methyl sites for hydroxylation is 1. The summed E-state index contributed by atoms with van der Waals surface area (Å²) < 4.78 is 0. The predicted molar refractivity (Wildman–Crippen MR) is 80.4 cm³/mol. The molecule has 2 aliphatic heterocycles. The van der Waals surface area contributed by atoms with Gasteiger partial charge in [-0.25, -0.2) is 0 Å². The molecule has 1 aromatic rings. The van der Waals surface area contributed by atoms with Crippen LogP contribution < -0.4 is 4.90 Å². The van der Waals surface area contributed by atoms with Crippen LogP contribution in [0.25, 0.3) is 0 Å². The Morgan fingerprint density at radius 1 is 1.37 bits per heavy atom. The van der Waals surface area contributed by atoms with Crippen LogP contribution in [0.2, 0.25) is 0 Å². The van der Waals surface area contributed by atoms with Gasteiger partial charge in [-0.15, -0.1) is 0 Å². The van der Waals surface area contributed by atoms with E-state index in [1.807, 2.05) is 0 Å². The SMILES string of the molecule is CC1=NC2CC2(c2ccc3c(c2)CCCN3C)C=C1. The number of aliphatic imine (C=N–C) groups is 1. The van der Waals surface area contributed by atoms with Crippen LogP contribution in [-0.4, -0.2) is 25.3 Å². The van der Waals surface area contributed by atoms with Gasteiger partial charge in [0.25, 0.3) is 0 Å². The Morgan fingerprint density at radius 3 is 3.11 bits per heavy atom. The molecule has 0 saturated heterocycles. The summed E-state index contributed by atoms with van der Waals surface area (Å²) in [5.41, 5.74) is 5.81. The molecular formula is C17H20N2. The number of hydrogen-bond donors (Lipinski definition) is 0. The molecule has 0 bridgehead atoms. The third kappa shape index (κ3) is 1.59. The van der Waals surface area contributed by atoms with E-state index in [1.54, 1.807) is 0 Å². The van der Waals surface area contributed by atoms with E-state index in [0.717, 1.165) is 0 Å². The minimum Gasteiger partial charge on any atom is -0.374 e. The molecule has 4 rings (SSSR count). The molecule has 3 aliphatic rings. The van der Waals surface area contributed by atoms with E-state index in [2.05, 4.69) is 49.2 Å². The Hall–Kier alpha value is -1.57. The van der Waals surface area contributed by atoms with E-state index in [9.17, 15) is 0 Å². The van der Waals surface area contributed by atoms with Crippen LogP contribution in [0.15, 0.2) is 35.3 Å². The average Bonchev–Trinajstić information content (AvgIpc) is 3.13. The topological polar surface area (TPSA) is 15.6 Å². The fourth-order valence-corrected chi connectivity index (χ4v) is 3.64. The average molecular weight is 252 g/mol. The standard InChI is InChI=1S/C17H20N2/c1-12-7-8-17(11-16(17)18-12)14-5-6-15-13(10-14)4-3-9-19(15)2/h5-8,10,16H,3-4,9,11H2,1-2H3. The van der Waals surface area contributed by atoms with Crippen LogP contribution in [0.1, 0.15) is 30.9 Å². The molecule has 2 atom stereocenters. The van der Waals surface area contributed by atoms with Crippen molar-refractivity contribution in [1.82, 2.24) is 0 Å². The van der Waals surface area contributed by atoms with Crippen molar-refractivity contribution in [1.29, 1.82) is 0 Å². The van der Waals surface area contributed by atoms with E-state index in [1.165, 1.54) is 48.3 Å². The quantitative estimate of drug-likeness (QED) is 0.750. The zero-order chi connectivity index (χ0) is 13.0. The number of hydrogen-bond acceptors (Lipinski definition) is 2. The second kappa shape index (κ2) is 3.72. The van der Waals surface area contributed by atoms with Crippen LogP contribution in [0.5, 0.6) is 0 Å². The molecule has 2 heterocycles. The minimum atomic E-state index is 0.227. The Kier molecular flexibility index (Phi) is 2.21. The molecule has 2 heteroatoms. The van der Waals surface area contributed by atoms with Crippen LogP contribution in [-0.2, 0) is 11.8 Å². The molecule has 0 spiro atoms. The molecule has 2 nitrogen and oxygen atoms in total. The molecule has 2 unspecified atom stereocenters. The lowest BCUT2D eigenvalue weighted by molar-refractivity contribution is 0.737. The molecule has 1 fully saturated rings. The van der Waals surface area contributed by atoms with Gasteiger partial charge in [0.1, 0.15) is 0 Å². The Labute approximate surface area is 114 Å². The summed E-state index contributed by atoms with van der Waals surface area (Å²) in [4.78, 5) is 7.13. The Bertz CT molecular complexity index is 599. The van der Waals surface area contributed by atoms with E-state index >= 15 is 0 Å². The zero-order valence-electron chi connectivity index (χ0n) is 11.7. The highest BCUT2D eigenvalue weighted by Crippen LogP contribution is 2.54. The number of allylic oxidation sites excluding steroid dienone is 1. The van der Waals surface area contributed by atoms with Crippen LogP contribution >= 0.6 is 0 Å². The molecule has 0 amide bonds. The lowest BCUT2D eigenvalue weighted by Crippen LogP contribution is -2.25. The lowest BCUT2D eigenvalue weighted by atomic mass is 9.89. The van der Waals surface area contributed by atoms with Crippen molar-refractivity contribution < 1.29 is 0 Å². The first kappa shape index (κ1) is 11.3. The van der Waals surface area contributed by atoms with Crippen molar-refractivity contribution in [2.24, 2.45) is 4.99 Å². The molecule has 1 aromatic carbocycles. The molecule has 98 valence electrons. The maximum atomic E-state index is 4.75. The van der Waals surface area contributed by atoms with Gasteiger partial charge in [0.15, 0.2) is 0 Å². The van der Waals surface area contributed by atoms with E-state index in [-0.39, 0.29) is 5.41 Å². The summed E-state index contributed by atoms with van der Waals surface area (Å²) in [7, 11) is 2.20. The number of anilines is 1. The number of dihydropyridines is 1. The molecule has 19 heavy (non-hydrogen) atoms. The van der Waals surface area contributed by atoms with Crippen molar-refractivity contribution in [2.45, 2.75) is 37.6 Å².